The van der Waals surface area contributed by atoms with Gasteiger partial charge in [-0.05, 0) is 47.9 Å². The molecule has 4 rings (SSSR count). The van der Waals surface area contributed by atoms with Crippen molar-refractivity contribution in [2.24, 2.45) is 11.5 Å². The van der Waals surface area contributed by atoms with E-state index in [4.69, 9.17) is 11.5 Å². The molecule has 0 aliphatic carbocycles. The van der Waals surface area contributed by atoms with Crippen molar-refractivity contribution in [2.45, 2.75) is 18.9 Å². The van der Waals surface area contributed by atoms with Crippen LogP contribution in [0.1, 0.15) is 24.0 Å². The molecule has 8 heteroatoms. The number of carbonyl (C=O) groups excluding carboxylic acids is 2. The van der Waals surface area contributed by atoms with Crippen LogP contribution in [0.4, 0.5) is 11.4 Å². The standard InChI is InChI=1S/C19H18N4O4/c20-18(24)10-9-16(19(21)25)22-14-5-1-12(2-6-14)11-17(22)13-3-7-15(8-4-13)23(26)27/h1-8,11,16H,9-10H2,(H2,20,24)(H2,21,25). The average Bonchev–Trinajstić information content (AvgIpc) is 2.92. The summed E-state index contributed by atoms with van der Waals surface area (Å²) in [5.74, 6) is -1.11. The molecule has 0 saturated heterocycles. The topological polar surface area (TPSA) is 133 Å². The van der Waals surface area contributed by atoms with Crippen LogP contribution in [-0.2, 0) is 9.59 Å². The molecule has 8 nitrogen and oxygen atoms in total. The monoisotopic (exact) mass is 366 g/mol. The fourth-order valence-corrected chi connectivity index (χ4v) is 3.10. The van der Waals surface area contributed by atoms with Gasteiger partial charge in [0.25, 0.3) is 5.69 Å². The van der Waals surface area contributed by atoms with Crippen LogP contribution in [0.5, 0.6) is 0 Å². The van der Waals surface area contributed by atoms with Gasteiger partial charge in [0.2, 0.25) is 11.8 Å². The maximum Gasteiger partial charge on any atom is 0.269 e. The molecular formula is C19H18N4O4. The fraction of sp³-hybridized carbons (Fsp3) is 0.158. The lowest BCUT2D eigenvalue weighted by atomic mass is 10.0. The Bertz CT molecular complexity index is 920. The van der Waals surface area contributed by atoms with Crippen LogP contribution in [0, 0.1) is 10.1 Å². The number of non-ortho nitro benzene ring substituents is 1. The van der Waals surface area contributed by atoms with Crippen LogP contribution in [0.15, 0.2) is 48.5 Å². The Balaban J connectivity index is 2.06. The molecule has 1 unspecified atom stereocenters. The van der Waals surface area contributed by atoms with Gasteiger partial charge in [0.1, 0.15) is 6.04 Å². The Hall–Kier alpha value is -3.68. The van der Waals surface area contributed by atoms with Gasteiger partial charge in [-0.2, -0.15) is 0 Å². The first-order valence-corrected chi connectivity index (χ1v) is 8.30. The number of anilines is 1. The third-order valence-corrected chi connectivity index (χ3v) is 4.41. The number of primary amides is 2. The van der Waals surface area contributed by atoms with Crippen molar-refractivity contribution in [3.05, 3.63) is 69.8 Å². The molecule has 2 aromatic carbocycles. The number of rotatable bonds is 7. The molecule has 0 aromatic heterocycles. The van der Waals surface area contributed by atoms with Crippen molar-refractivity contribution >= 4 is 35.0 Å². The lowest BCUT2D eigenvalue weighted by Gasteiger charge is -2.33. The maximum absolute atomic E-state index is 12.2. The van der Waals surface area contributed by atoms with Gasteiger partial charge in [-0.15, -0.1) is 0 Å². The van der Waals surface area contributed by atoms with Gasteiger partial charge in [-0.3, -0.25) is 19.7 Å². The summed E-state index contributed by atoms with van der Waals surface area (Å²) in [4.78, 5) is 35.6. The van der Waals surface area contributed by atoms with E-state index in [1.54, 1.807) is 17.0 Å². The minimum absolute atomic E-state index is 0.00886. The number of nitrogens with zero attached hydrogens (tertiary/aromatic N) is 2. The first-order chi connectivity index (χ1) is 12.9. The highest BCUT2D eigenvalue weighted by Crippen LogP contribution is 2.35. The van der Waals surface area contributed by atoms with E-state index in [1.807, 2.05) is 30.3 Å². The van der Waals surface area contributed by atoms with Crippen molar-refractivity contribution in [3.8, 4) is 0 Å². The van der Waals surface area contributed by atoms with E-state index in [0.29, 0.717) is 11.3 Å². The third-order valence-electron chi connectivity index (χ3n) is 4.41. The molecule has 0 saturated carbocycles. The van der Waals surface area contributed by atoms with Gasteiger partial charge >= 0.3 is 0 Å². The highest BCUT2D eigenvalue weighted by Gasteiger charge is 2.30. The largest absolute Gasteiger partial charge is 0.370 e. The van der Waals surface area contributed by atoms with Crippen LogP contribution in [0.3, 0.4) is 0 Å². The molecule has 0 radical (unpaired) electrons. The summed E-state index contributed by atoms with van der Waals surface area (Å²) in [6, 6.07) is 12.7. The van der Waals surface area contributed by atoms with Crippen LogP contribution in [0.25, 0.3) is 11.8 Å². The molecule has 4 N–H and O–H groups in total. The zero-order valence-electron chi connectivity index (χ0n) is 14.4. The van der Waals surface area contributed by atoms with Crippen molar-refractivity contribution in [2.75, 3.05) is 4.90 Å². The highest BCUT2D eigenvalue weighted by atomic mass is 16.6. The molecule has 2 aliphatic rings. The highest BCUT2D eigenvalue weighted by molar-refractivity contribution is 5.98. The maximum atomic E-state index is 12.2. The Morgan fingerprint density at radius 2 is 1.67 bits per heavy atom. The average molecular weight is 366 g/mol. The van der Waals surface area contributed by atoms with Crippen molar-refractivity contribution in [1.82, 2.24) is 0 Å². The number of nitro benzene ring substituents is 1. The number of nitro groups is 1. The number of carbonyl (C=O) groups is 2. The van der Waals surface area contributed by atoms with E-state index in [2.05, 4.69) is 0 Å². The van der Waals surface area contributed by atoms with E-state index in [9.17, 15) is 19.7 Å². The molecule has 2 bridgehead atoms. The summed E-state index contributed by atoms with van der Waals surface area (Å²) in [7, 11) is 0. The Kier molecular flexibility index (Phi) is 4.89. The molecule has 2 aromatic rings. The molecule has 2 heterocycles. The molecular weight excluding hydrogens is 348 g/mol. The van der Waals surface area contributed by atoms with Crippen molar-refractivity contribution < 1.29 is 14.5 Å². The first-order valence-electron chi connectivity index (χ1n) is 8.30. The number of hydrogen-bond acceptors (Lipinski definition) is 5. The molecule has 0 spiro atoms. The lowest BCUT2D eigenvalue weighted by molar-refractivity contribution is -0.384. The molecule has 1 atom stereocenters. The Morgan fingerprint density at radius 1 is 1.04 bits per heavy atom. The summed E-state index contributed by atoms with van der Waals surface area (Å²) in [6.45, 7) is 0. The lowest BCUT2D eigenvalue weighted by Crippen LogP contribution is -2.44. The van der Waals surface area contributed by atoms with E-state index in [0.717, 1.165) is 11.3 Å². The molecule has 138 valence electrons. The van der Waals surface area contributed by atoms with Gasteiger partial charge in [-0.25, -0.2) is 0 Å². The van der Waals surface area contributed by atoms with Crippen LogP contribution >= 0.6 is 0 Å². The SMILES string of the molecule is NC(=O)CCC(C(N)=O)N1C(c2ccc([N+](=O)[O-])cc2)=Cc2ccc1cc2. The van der Waals surface area contributed by atoms with Gasteiger partial charge in [-0.1, -0.05) is 12.1 Å². The second-order valence-corrected chi connectivity index (χ2v) is 6.22. The summed E-state index contributed by atoms with van der Waals surface area (Å²) in [5.41, 5.74) is 13.8. The van der Waals surface area contributed by atoms with Gasteiger partial charge in [0.05, 0.1) is 4.92 Å². The molecule has 2 amide bonds. The first kappa shape index (κ1) is 18.1. The third kappa shape index (κ3) is 3.79. The predicted octanol–water partition coefficient (Wildman–Crippen LogP) is 2.03. The van der Waals surface area contributed by atoms with Crippen LogP contribution in [0.2, 0.25) is 0 Å². The van der Waals surface area contributed by atoms with Crippen LogP contribution in [-0.4, -0.2) is 22.8 Å². The number of hydrogen-bond donors (Lipinski definition) is 2. The summed E-state index contributed by atoms with van der Waals surface area (Å²) in [6.07, 6.45) is 2.04. The molecule has 0 fully saturated rings. The fourth-order valence-electron chi connectivity index (χ4n) is 3.10. The van der Waals surface area contributed by atoms with Crippen LogP contribution < -0.4 is 16.4 Å². The Morgan fingerprint density at radius 3 is 2.19 bits per heavy atom. The summed E-state index contributed by atoms with van der Waals surface area (Å²) < 4.78 is 0. The minimum atomic E-state index is -0.791. The number of fused-ring (bicyclic) bond motifs is 3. The predicted molar refractivity (Wildman–Crippen MR) is 101 cm³/mol. The van der Waals surface area contributed by atoms with Gasteiger partial charge < -0.3 is 16.4 Å². The Labute approximate surface area is 155 Å². The van der Waals surface area contributed by atoms with Crippen molar-refractivity contribution in [3.63, 3.8) is 0 Å². The van der Waals surface area contributed by atoms with E-state index in [1.165, 1.54) is 12.1 Å². The second-order valence-electron chi connectivity index (χ2n) is 6.22. The summed E-state index contributed by atoms with van der Waals surface area (Å²) >= 11 is 0. The summed E-state index contributed by atoms with van der Waals surface area (Å²) in [5, 5.41) is 10.9. The van der Waals surface area contributed by atoms with Crippen molar-refractivity contribution in [1.29, 1.82) is 0 Å². The minimum Gasteiger partial charge on any atom is -0.370 e. The second kappa shape index (κ2) is 7.28. The van der Waals surface area contributed by atoms with Gasteiger partial charge in [0, 0.05) is 29.9 Å². The quantitative estimate of drug-likeness (QED) is 0.571. The molecule has 2 aliphatic heterocycles. The normalized spacial score (nSPS) is 13.6. The zero-order chi connectivity index (χ0) is 19.6. The zero-order valence-corrected chi connectivity index (χ0v) is 14.4. The number of nitrogens with two attached hydrogens (primary N) is 2. The van der Waals surface area contributed by atoms with Gasteiger partial charge in [0.15, 0.2) is 0 Å². The molecule has 27 heavy (non-hydrogen) atoms. The van der Waals surface area contributed by atoms with E-state index in [-0.39, 0.29) is 18.5 Å². The smallest absolute Gasteiger partial charge is 0.269 e. The van der Waals surface area contributed by atoms with E-state index < -0.39 is 22.8 Å². The number of benzene rings is 2. The van der Waals surface area contributed by atoms with E-state index >= 15 is 0 Å². The number of amides is 2.